The van der Waals surface area contributed by atoms with Gasteiger partial charge in [-0.25, -0.2) is 0 Å². The van der Waals surface area contributed by atoms with Gasteiger partial charge < -0.3 is 18.7 Å². The van der Waals surface area contributed by atoms with Crippen molar-refractivity contribution in [2.75, 3.05) is 6.61 Å². The van der Waals surface area contributed by atoms with E-state index in [1.54, 1.807) is 12.1 Å². The molecule has 4 nitrogen and oxygen atoms in total. The third kappa shape index (κ3) is 5.94. The van der Waals surface area contributed by atoms with Crippen molar-refractivity contribution in [2.24, 2.45) is 0 Å². The molecule has 2 rings (SSSR count). The molecule has 166 valence electrons. The highest BCUT2D eigenvalue weighted by Gasteiger charge is 2.46. The minimum Gasteiger partial charge on any atom is -0.508 e. The van der Waals surface area contributed by atoms with Crippen LogP contribution in [0, 0.1) is 0 Å². The molecule has 1 heterocycles. The van der Waals surface area contributed by atoms with Gasteiger partial charge in [-0.05, 0) is 54.0 Å². The zero-order chi connectivity index (χ0) is 22.3. The number of benzene rings is 1. The van der Waals surface area contributed by atoms with Crippen molar-refractivity contribution in [3.63, 3.8) is 0 Å². The van der Waals surface area contributed by atoms with E-state index >= 15 is 0 Å². The lowest BCUT2D eigenvalue weighted by Gasteiger charge is -2.40. The maximum Gasteiger partial charge on any atom is 0.192 e. The molecule has 1 aromatic rings. The fourth-order valence-electron chi connectivity index (χ4n) is 2.99. The molecule has 0 amide bonds. The average Bonchev–Trinajstić information content (AvgIpc) is 2.93. The molecule has 0 bridgehead atoms. The van der Waals surface area contributed by atoms with Crippen LogP contribution in [0.4, 0.5) is 0 Å². The van der Waals surface area contributed by atoms with Crippen LogP contribution in [0.25, 0.3) is 0 Å². The number of aromatic hydroxyl groups is 1. The van der Waals surface area contributed by atoms with Gasteiger partial charge in [-0.3, -0.25) is 0 Å². The van der Waals surface area contributed by atoms with Crippen LogP contribution in [-0.2, 0) is 13.6 Å². The maximum atomic E-state index is 9.90. The third-order valence-corrected chi connectivity index (χ3v) is 16.1. The van der Waals surface area contributed by atoms with Gasteiger partial charge in [-0.1, -0.05) is 53.7 Å². The summed E-state index contributed by atoms with van der Waals surface area (Å²) in [4.78, 5) is 0. The Bertz CT molecular complexity index is 689. The van der Waals surface area contributed by atoms with Gasteiger partial charge in [0.25, 0.3) is 0 Å². The first-order valence-corrected chi connectivity index (χ1v) is 16.6. The Balaban J connectivity index is 2.21. The highest BCUT2D eigenvalue weighted by molar-refractivity contribution is 6.74. The first-order valence-electron chi connectivity index (χ1n) is 10.8. The topological polar surface area (TPSA) is 47.9 Å². The lowest BCUT2D eigenvalue weighted by Crippen LogP contribution is -2.48. The summed E-state index contributed by atoms with van der Waals surface area (Å²) in [5.74, 6) is 0.272. The molecule has 0 aromatic heterocycles. The molecule has 3 atom stereocenters. The zero-order valence-corrected chi connectivity index (χ0v) is 22.1. The summed E-state index contributed by atoms with van der Waals surface area (Å²) in [5, 5.41) is 10.2. The van der Waals surface area contributed by atoms with Crippen LogP contribution in [0.2, 0.25) is 36.3 Å². The van der Waals surface area contributed by atoms with E-state index in [0.29, 0.717) is 6.61 Å². The molecule has 1 aliphatic heterocycles. The lowest BCUT2D eigenvalue weighted by molar-refractivity contribution is -0.0165. The van der Waals surface area contributed by atoms with E-state index in [9.17, 15) is 5.11 Å². The zero-order valence-electron chi connectivity index (χ0n) is 20.1. The van der Waals surface area contributed by atoms with E-state index < -0.39 is 16.6 Å². The van der Waals surface area contributed by atoms with Crippen molar-refractivity contribution in [3.8, 4) is 5.75 Å². The maximum absolute atomic E-state index is 9.90. The number of hydrogen-bond donors (Lipinski definition) is 1. The van der Waals surface area contributed by atoms with Crippen molar-refractivity contribution >= 4 is 16.6 Å². The van der Waals surface area contributed by atoms with Crippen LogP contribution in [0.3, 0.4) is 0 Å². The number of hydrogen-bond acceptors (Lipinski definition) is 4. The van der Waals surface area contributed by atoms with Gasteiger partial charge in [0.05, 0.1) is 18.8 Å². The van der Waals surface area contributed by atoms with Crippen LogP contribution < -0.4 is 0 Å². The number of phenols is 1. The van der Waals surface area contributed by atoms with Gasteiger partial charge in [0.1, 0.15) is 11.9 Å². The van der Waals surface area contributed by atoms with Gasteiger partial charge in [-0.2, -0.15) is 0 Å². The molecule has 1 fully saturated rings. The Hall–Kier alpha value is -0.666. The standard InChI is InChI=1S/C23H42O4Si2/c1-22(2,3)28(7,8)25-16-21-20(27-29(9,10)23(4,5)6)15-19(26-21)17-12-11-13-18(24)14-17/h11-14,19-21,24H,15-16H2,1-10H3/t19-,20+,21-/m1/s1. The predicted molar refractivity (Wildman–Crippen MR) is 126 cm³/mol. The van der Waals surface area contributed by atoms with Gasteiger partial charge >= 0.3 is 0 Å². The molecule has 1 aliphatic rings. The van der Waals surface area contributed by atoms with Crippen LogP contribution in [0.15, 0.2) is 24.3 Å². The first-order chi connectivity index (χ1) is 13.0. The summed E-state index contributed by atoms with van der Waals surface area (Å²) in [7, 11) is -3.81. The number of rotatable bonds is 6. The van der Waals surface area contributed by atoms with E-state index in [2.05, 4.69) is 67.7 Å². The Morgan fingerprint density at radius 2 is 1.59 bits per heavy atom. The highest BCUT2D eigenvalue weighted by Crippen LogP contribution is 2.43. The molecule has 29 heavy (non-hydrogen) atoms. The van der Waals surface area contributed by atoms with Crippen molar-refractivity contribution in [3.05, 3.63) is 29.8 Å². The smallest absolute Gasteiger partial charge is 0.192 e. The second kappa shape index (κ2) is 8.46. The summed E-state index contributed by atoms with van der Waals surface area (Å²) in [6.07, 6.45) is 0.630. The summed E-state index contributed by atoms with van der Waals surface area (Å²) < 4.78 is 19.8. The molecular formula is C23H42O4Si2. The number of ether oxygens (including phenoxy) is 1. The Labute approximate surface area is 180 Å². The molecule has 0 spiro atoms. The van der Waals surface area contributed by atoms with Crippen LogP contribution in [-0.4, -0.2) is 40.6 Å². The van der Waals surface area contributed by atoms with Crippen LogP contribution in [0.1, 0.15) is 59.6 Å². The van der Waals surface area contributed by atoms with Crippen molar-refractivity contribution < 1.29 is 18.7 Å². The molecular weight excluding hydrogens is 396 g/mol. The molecule has 0 aliphatic carbocycles. The van der Waals surface area contributed by atoms with Crippen molar-refractivity contribution in [1.29, 1.82) is 0 Å². The summed E-state index contributed by atoms with van der Waals surface area (Å²) >= 11 is 0. The van der Waals surface area contributed by atoms with Gasteiger partial charge in [-0.15, -0.1) is 0 Å². The van der Waals surface area contributed by atoms with E-state index in [1.165, 1.54) is 0 Å². The van der Waals surface area contributed by atoms with Crippen molar-refractivity contribution in [1.82, 2.24) is 0 Å². The van der Waals surface area contributed by atoms with Gasteiger partial charge in [0, 0.05) is 6.42 Å². The Kier molecular flexibility index (Phi) is 7.18. The van der Waals surface area contributed by atoms with E-state index in [1.807, 2.05) is 12.1 Å². The fraction of sp³-hybridized carbons (Fsp3) is 0.739. The first kappa shape index (κ1) is 24.6. The Morgan fingerprint density at radius 3 is 2.10 bits per heavy atom. The van der Waals surface area contributed by atoms with E-state index in [4.69, 9.17) is 13.6 Å². The van der Waals surface area contributed by atoms with Gasteiger partial charge in [0.15, 0.2) is 16.6 Å². The quantitative estimate of drug-likeness (QED) is 0.506. The molecule has 0 saturated carbocycles. The predicted octanol–water partition coefficient (Wildman–Crippen LogP) is 6.63. The number of phenolic OH excluding ortho intramolecular Hbond substituents is 1. The fourth-order valence-corrected chi connectivity index (χ4v) is 5.36. The summed E-state index contributed by atoms with van der Waals surface area (Å²) in [6, 6.07) is 7.38. The molecule has 1 aromatic carbocycles. The Morgan fingerprint density at radius 1 is 1.00 bits per heavy atom. The normalized spacial score (nSPS) is 24.1. The minimum atomic E-state index is -1.94. The second-order valence-electron chi connectivity index (χ2n) is 11.5. The minimum absolute atomic E-state index is 0.00742. The molecule has 6 heteroatoms. The molecule has 1 saturated heterocycles. The van der Waals surface area contributed by atoms with E-state index in [-0.39, 0.29) is 34.1 Å². The highest BCUT2D eigenvalue weighted by atomic mass is 28.4. The average molecular weight is 439 g/mol. The second-order valence-corrected chi connectivity index (χ2v) is 21.0. The summed E-state index contributed by atoms with van der Waals surface area (Å²) in [5.41, 5.74) is 1.00. The van der Waals surface area contributed by atoms with E-state index in [0.717, 1.165) is 12.0 Å². The van der Waals surface area contributed by atoms with Crippen molar-refractivity contribution in [2.45, 2.75) is 103 Å². The molecule has 0 radical (unpaired) electrons. The lowest BCUT2D eigenvalue weighted by atomic mass is 10.0. The van der Waals surface area contributed by atoms with Gasteiger partial charge in [0.2, 0.25) is 0 Å². The SMILES string of the molecule is CC(C)(C)[Si](C)(C)OC[C@H]1O[C@@H](c2cccc(O)c2)C[C@@H]1O[Si](C)(C)C(C)(C)C. The molecule has 0 unspecified atom stereocenters. The van der Waals surface area contributed by atoms with Crippen LogP contribution >= 0.6 is 0 Å². The monoisotopic (exact) mass is 438 g/mol. The van der Waals surface area contributed by atoms with Crippen LogP contribution in [0.5, 0.6) is 5.75 Å². The summed E-state index contributed by atoms with van der Waals surface area (Å²) in [6.45, 7) is 23.3. The third-order valence-electron chi connectivity index (χ3n) is 7.11. The largest absolute Gasteiger partial charge is 0.508 e. The molecule has 1 N–H and O–H groups in total.